The van der Waals surface area contributed by atoms with Gasteiger partial charge in [-0.2, -0.15) is 0 Å². The number of amides is 1. The first-order valence-electron chi connectivity index (χ1n) is 8.98. The van der Waals surface area contributed by atoms with E-state index in [2.05, 4.69) is 29.5 Å². The van der Waals surface area contributed by atoms with Crippen molar-refractivity contribution in [3.05, 3.63) is 35.4 Å². The van der Waals surface area contributed by atoms with Crippen molar-refractivity contribution in [1.82, 2.24) is 10.6 Å². The summed E-state index contributed by atoms with van der Waals surface area (Å²) >= 11 is 0. The van der Waals surface area contributed by atoms with Crippen LogP contribution in [0.5, 0.6) is 0 Å². The van der Waals surface area contributed by atoms with Crippen LogP contribution in [0.25, 0.3) is 0 Å². The molecule has 0 heterocycles. The first kappa shape index (κ1) is 18.3. The Morgan fingerprint density at radius 1 is 1.21 bits per heavy atom. The molecule has 0 unspecified atom stereocenters. The van der Waals surface area contributed by atoms with Gasteiger partial charge in [-0.05, 0) is 50.3 Å². The van der Waals surface area contributed by atoms with Crippen LogP contribution in [-0.2, 0) is 6.54 Å². The van der Waals surface area contributed by atoms with Crippen molar-refractivity contribution in [2.45, 2.75) is 58.5 Å². The smallest absolute Gasteiger partial charge is 0.248 e. The third-order valence-electron chi connectivity index (χ3n) is 4.37. The number of guanidine groups is 1. The predicted octanol–water partition coefficient (Wildman–Crippen LogP) is 2.81. The van der Waals surface area contributed by atoms with Gasteiger partial charge in [0.15, 0.2) is 5.96 Å². The summed E-state index contributed by atoms with van der Waals surface area (Å²) in [6, 6.07) is 7.63. The Labute approximate surface area is 145 Å². The van der Waals surface area contributed by atoms with Crippen LogP contribution < -0.4 is 16.4 Å². The molecule has 1 saturated carbocycles. The van der Waals surface area contributed by atoms with Gasteiger partial charge in [-0.3, -0.25) is 4.79 Å². The zero-order chi connectivity index (χ0) is 17.4. The molecule has 1 amide bonds. The first-order chi connectivity index (χ1) is 11.5. The molecule has 0 atom stereocenters. The summed E-state index contributed by atoms with van der Waals surface area (Å²) in [4.78, 5) is 15.8. The maximum Gasteiger partial charge on any atom is 0.248 e. The maximum absolute atomic E-state index is 11.1. The molecule has 0 aliphatic heterocycles. The lowest BCUT2D eigenvalue weighted by Crippen LogP contribution is -2.43. The third-order valence-corrected chi connectivity index (χ3v) is 4.37. The molecule has 1 aromatic carbocycles. The van der Waals surface area contributed by atoms with Gasteiger partial charge >= 0.3 is 0 Å². The number of nitrogens with one attached hydrogen (secondary N) is 2. The van der Waals surface area contributed by atoms with Gasteiger partial charge in [0.25, 0.3) is 0 Å². The van der Waals surface area contributed by atoms with Crippen LogP contribution in [0.4, 0.5) is 0 Å². The lowest BCUT2D eigenvalue weighted by molar-refractivity contribution is 0.100. The van der Waals surface area contributed by atoms with E-state index < -0.39 is 5.91 Å². The van der Waals surface area contributed by atoms with Crippen LogP contribution in [0, 0.1) is 5.92 Å². The molecule has 0 bridgehead atoms. The minimum Gasteiger partial charge on any atom is -0.366 e. The number of nitrogens with two attached hydrogens (primary N) is 1. The van der Waals surface area contributed by atoms with Gasteiger partial charge in [0.05, 0.1) is 6.54 Å². The van der Waals surface area contributed by atoms with E-state index in [9.17, 15) is 4.79 Å². The monoisotopic (exact) mass is 330 g/mol. The highest BCUT2D eigenvalue weighted by Gasteiger charge is 2.13. The fourth-order valence-corrected chi connectivity index (χ4v) is 3.00. The van der Waals surface area contributed by atoms with Crippen LogP contribution in [-0.4, -0.2) is 24.5 Å². The second-order valence-electron chi connectivity index (χ2n) is 6.91. The van der Waals surface area contributed by atoms with Crippen LogP contribution >= 0.6 is 0 Å². The number of rotatable bonds is 6. The van der Waals surface area contributed by atoms with E-state index in [1.54, 1.807) is 12.1 Å². The number of carbonyl (C=O) groups excluding carboxylic acids is 1. The molecule has 4 N–H and O–H groups in total. The van der Waals surface area contributed by atoms with Gasteiger partial charge < -0.3 is 16.4 Å². The van der Waals surface area contributed by atoms with Crippen molar-refractivity contribution in [3.8, 4) is 0 Å². The van der Waals surface area contributed by atoms with Gasteiger partial charge in [-0.15, -0.1) is 0 Å². The van der Waals surface area contributed by atoms with Gasteiger partial charge in [0, 0.05) is 18.2 Å². The van der Waals surface area contributed by atoms with E-state index in [1.807, 2.05) is 12.1 Å². The Morgan fingerprint density at radius 2 is 1.88 bits per heavy atom. The fourth-order valence-electron chi connectivity index (χ4n) is 3.00. The first-order valence-corrected chi connectivity index (χ1v) is 8.98. The second-order valence-corrected chi connectivity index (χ2v) is 6.91. The van der Waals surface area contributed by atoms with Crippen LogP contribution in [0.2, 0.25) is 0 Å². The van der Waals surface area contributed by atoms with E-state index in [1.165, 1.54) is 32.1 Å². The Kier molecular flexibility index (Phi) is 7.09. The highest BCUT2D eigenvalue weighted by Crippen LogP contribution is 2.22. The summed E-state index contributed by atoms with van der Waals surface area (Å²) in [6.07, 6.45) is 6.71. The minimum absolute atomic E-state index is 0.333. The Hall–Kier alpha value is -2.04. The van der Waals surface area contributed by atoms with Gasteiger partial charge in [0.2, 0.25) is 5.91 Å². The normalized spacial score (nSPS) is 16.2. The Bertz CT molecular complexity index is 545. The molecule has 5 nitrogen and oxygen atoms in total. The van der Waals surface area contributed by atoms with Crippen LogP contribution in [0.15, 0.2) is 29.3 Å². The van der Waals surface area contributed by atoms with E-state index in [0.717, 1.165) is 24.0 Å². The number of hydrogen-bond acceptors (Lipinski definition) is 2. The molecule has 1 aliphatic rings. The average Bonchev–Trinajstić information content (AvgIpc) is 2.58. The summed E-state index contributed by atoms with van der Waals surface area (Å²) < 4.78 is 0. The molecule has 1 aliphatic carbocycles. The molecular weight excluding hydrogens is 300 g/mol. The van der Waals surface area contributed by atoms with E-state index >= 15 is 0 Å². The lowest BCUT2D eigenvalue weighted by Gasteiger charge is -2.23. The number of benzene rings is 1. The van der Waals surface area contributed by atoms with Gasteiger partial charge in [0.1, 0.15) is 0 Å². The highest BCUT2D eigenvalue weighted by atomic mass is 16.1. The number of carbonyl (C=O) groups is 1. The summed E-state index contributed by atoms with van der Waals surface area (Å²) in [6.45, 7) is 5.78. The van der Waals surface area contributed by atoms with Crippen molar-refractivity contribution in [2.24, 2.45) is 16.6 Å². The topological polar surface area (TPSA) is 79.5 Å². The van der Waals surface area contributed by atoms with Gasteiger partial charge in [-0.25, -0.2) is 4.99 Å². The quantitative estimate of drug-likeness (QED) is 0.554. The average molecular weight is 330 g/mol. The fraction of sp³-hybridized carbons (Fsp3) is 0.579. The van der Waals surface area contributed by atoms with E-state index in [4.69, 9.17) is 5.73 Å². The molecule has 2 rings (SSSR count). The SMILES string of the molecule is CC(C)NC(=NCc1ccc(C(N)=O)cc1)NCC1CCCCC1. The third kappa shape index (κ3) is 6.22. The molecule has 1 aromatic rings. The standard InChI is InChI=1S/C19H30N4O/c1-14(2)23-19(21-12-15-6-4-3-5-7-15)22-13-16-8-10-17(11-9-16)18(20)24/h8-11,14-15H,3-7,12-13H2,1-2H3,(H2,20,24)(H2,21,22,23). The summed E-state index contributed by atoms with van der Waals surface area (Å²) in [5.74, 6) is 1.21. The predicted molar refractivity (Wildman–Crippen MR) is 98.9 cm³/mol. The highest BCUT2D eigenvalue weighted by molar-refractivity contribution is 5.92. The van der Waals surface area contributed by atoms with E-state index in [-0.39, 0.29) is 0 Å². The molecule has 0 radical (unpaired) electrons. The number of hydrogen-bond donors (Lipinski definition) is 3. The molecule has 132 valence electrons. The molecule has 5 heteroatoms. The summed E-state index contributed by atoms with van der Waals surface area (Å²) in [7, 11) is 0. The maximum atomic E-state index is 11.1. The van der Waals surface area contributed by atoms with Crippen molar-refractivity contribution >= 4 is 11.9 Å². The molecule has 0 aromatic heterocycles. The van der Waals surface area contributed by atoms with E-state index in [0.29, 0.717) is 18.2 Å². The van der Waals surface area contributed by atoms with Gasteiger partial charge in [-0.1, -0.05) is 31.4 Å². The number of nitrogens with zero attached hydrogens (tertiary/aromatic N) is 1. The van der Waals surface area contributed by atoms with Crippen molar-refractivity contribution < 1.29 is 4.79 Å². The minimum atomic E-state index is -0.402. The molecule has 0 spiro atoms. The van der Waals surface area contributed by atoms with Crippen molar-refractivity contribution in [2.75, 3.05) is 6.54 Å². The zero-order valence-corrected chi connectivity index (χ0v) is 14.8. The summed E-state index contributed by atoms with van der Waals surface area (Å²) in [5, 5.41) is 6.87. The zero-order valence-electron chi connectivity index (χ0n) is 14.8. The van der Waals surface area contributed by atoms with Crippen molar-refractivity contribution in [1.29, 1.82) is 0 Å². The molecular formula is C19H30N4O. The Balaban J connectivity index is 1.92. The largest absolute Gasteiger partial charge is 0.366 e. The number of aliphatic imine (C=N–C) groups is 1. The Morgan fingerprint density at radius 3 is 2.46 bits per heavy atom. The molecule has 0 saturated heterocycles. The van der Waals surface area contributed by atoms with Crippen molar-refractivity contribution in [3.63, 3.8) is 0 Å². The molecule has 1 fully saturated rings. The lowest BCUT2D eigenvalue weighted by atomic mass is 9.89. The van der Waals surface area contributed by atoms with Crippen LogP contribution in [0.3, 0.4) is 0 Å². The molecule has 24 heavy (non-hydrogen) atoms. The second kappa shape index (κ2) is 9.30. The van der Waals surface area contributed by atoms with Crippen LogP contribution in [0.1, 0.15) is 61.9 Å². The number of primary amides is 1. The summed E-state index contributed by atoms with van der Waals surface area (Å²) in [5.41, 5.74) is 6.85.